The lowest BCUT2D eigenvalue weighted by Gasteiger charge is -2.33. The maximum atomic E-state index is 14.7. The van der Waals surface area contributed by atoms with Gasteiger partial charge in [-0.3, -0.25) is 0 Å². The van der Waals surface area contributed by atoms with Crippen LogP contribution in [-0.2, 0) is 17.1 Å². The van der Waals surface area contributed by atoms with E-state index in [9.17, 15) is 12.8 Å². The molecule has 2 aromatic rings. The third kappa shape index (κ3) is 3.65. The maximum Gasteiger partial charge on any atom is 0.243 e. The SMILES string of the molecule is Cn1ccnc1SCC1CCN(S(=O)(=O)c2ccc3c(c2)OCO3)CC1F. The van der Waals surface area contributed by atoms with E-state index >= 15 is 0 Å². The highest BCUT2D eigenvalue weighted by atomic mass is 32.2. The number of fused-ring (bicyclic) bond motifs is 1. The standard InChI is InChI=1S/C17H20FN3O4S2/c1-20-7-5-19-17(20)26-10-12-4-6-21(9-14(12)18)27(22,23)13-2-3-15-16(8-13)25-11-24-15/h2-3,5,7-8,12,14H,4,6,9-11H2,1H3. The zero-order valence-electron chi connectivity index (χ0n) is 14.7. The Hall–Kier alpha value is -1.78. The van der Waals surface area contributed by atoms with Gasteiger partial charge in [0.1, 0.15) is 6.17 Å². The Morgan fingerprint density at radius 1 is 1.33 bits per heavy atom. The Labute approximate surface area is 161 Å². The zero-order chi connectivity index (χ0) is 19.0. The van der Waals surface area contributed by atoms with Crippen LogP contribution in [0.1, 0.15) is 6.42 Å². The van der Waals surface area contributed by atoms with Crippen LogP contribution >= 0.6 is 11.8 Å². The summed E-state index contributed by atoms with van der Waals surface area (Å²) in [4.78, 5) is 4.32. The molecule has 10 heteroatoms. The van der Waals surface area contributed by atoms with Gasteiger partial charge in [-0.05, 0) is 18.6 Å². The molecule has 0 amide bonds. The van der Waals surface area contributed by atoms with Crippen molar-refractivity contribution in [3.8, 4) is 11.5 Å². The van der Waals surface area contributed by atoms with Gasteiger partial charge in [0.25, 0.3) is 0 Å². The Morgan fingerprint density at radius 3 is 2.89 bits per heavy atom. The molecule has 1 aromatic heterocycles. The monoisotopic (exact) mass is 413 g/mol. The highest BCUT2D eigenvalue weighted by molar-refractivity contribution is 7.99. The number of halogens is 1. The van der Waals surface area contributed by atoms with Gasteiger partial charge in [0.05, 0.1) is 4.90 Å². The summed E-state index contributed by atoms with van der Waals surface area (Å²) in [7, 11) is -1.88. The lowest BCUT2D eigenvalue weighted by atomic mass is 9.98. The minimum atomic E-state index is -3.77. The molecule has 2 aliphatic heterocycles. The van der Waals surface area contributed by atoms with Crippen molar-refractivity contribution < 1.29 is 22.3 Å². The van der Waals surface area contributed by atoms with Crippen LogP contribution in [0.4, 0.5) is 4.39 Å². The van der Waals surface area contributed by atoms with Gasteiger partial charge in [-0.1, -0.05) is 11.8 Å². The average molecular weight is 413 g/mol. The number of ether oxygens (including phenoxy) is 2. The Balaban J connectivity index is 1.42. The third-order valence-electron chi connectivity index (χ3n) is 4.82. The predicted molar refractivity (Wildman–Crippen MR) is 98.3 cm³/mol. The van der Waals surface area contributed by atoms with Gasteiger partial charge in [-0.2, -0.15) is 4.31 Å². The summed E-state index contributed by atoms with van der Waals surface area (Å²) in [5.41, 5.74) is 0. The molecule has 2 atom stereocenters. The van der Waals surface area contributed by atoms with Crippen molar-refractivity contribution in [2.45, 2.75) is 22.6 Å². The number of thioether (sulfide) groups is 1. The number of aryl methyl sites for hydroxylation is 1. The molecule has 3 heterocycles. The van der Waals surface area contributed by atoms with Crippen LogP contribution in [0, 0.1) is 5.92 Å². The average Bonchev–Trinajstić information content (AvgIpc) is 3.28. The van der Waals surface area contributed by atoms with E-state index in [1.807, 2.05) is 17.8 Å². The fourth-order valence-electron chi connectivity index (χ4n) is 3.19. The molecule has 2 aliphatic rings. The van der Waals surface area contributed by atoms with E-state index in [4.69, 9.17) is 9.47 Å². The van der Waals surface area contributed by atoms with Gasteiger partial charge in [0.15, 0.2) is 16.7 Å². The number of nitrogens with zero attached hydrogens (tertiary/aromatic N) is 3. The van der Waals surface area contributed by atoms with E-state index in [1.54, 1.807) is 12.3 Å². The number of benzene rings is 1. The van der Waals surface area contributed by atoms with Crippen LogP contribution in [0.5, 0.6) is 11.5 Å². The van der Waals surface area contributed by atoms with Gasteiger partial charge in [-0.15, -0.1) is 0 Å². The number of rotatable bonds is 5. The molecule has 1 aromatic carbocycles. The highest BCUT2D eigenvalue weighted by Crippen LogP contribution is 2.36. The molecule has 0 radical (unpaired) electrons. The molecular weight excluding hydrogens is 393 g/mol. The van der Waals surface area contributed by atoms with Gasteiger partial charge in [0.2, 0.25) is 16.8 Å². The molecule has 27 heavy (non-hydrogen) atoms. The van der Waals surface area contributed by atoms with Gasteiger partial charge < -0.3 is 14.0 Å². The number of piperidine rings is 1. The summed E-state index contributed by atoms with van der Waals surface area (Å²) in [6.45, 7) is 0.232. The molecule has 4 rings (SSSR count). The molecule has 0 bridgehead atoms. The third-order valence-corrected chi connectivity index (χ3v) is 7.93. The largest absolute Gasteiger partial charge is 0.454 e. The van der Waals surface area contributed by atoms with Crippen molar-refractivity contribution in [2.24, 2.45) is 13.0 Å². The van der Waals surface area contributed by atoms with Crippen molar-refractivity contribution >= 4 is 21.8 Å². The number of sulfonamides is 1. The highest BCUT2D eigenvalue weighted by Gasteiger charge is 2.36. The second-order valence-corrected chi connectivity index (χ2v) is 9.50. The smallest absolute Gasteiger partial charge is 0.243 e. The lowest BCUT2D eigenvalue weighted by Crippen LogP contribution is -2.45. The first-order valence-corrected chi connectivity index (χ1v) is 11.0. The van der Waals surface area contributed by atoms with E-state index in [0.717, 1.165) is 5.16 Å². The number of imidazole rings is 1. The summed E-state index contributed by atoms with van der Waals surface area (Å²) < 4.78 is 54.0. The van der Waals surface area contributed by atoms with Crippen molar-refractivity contribution in [1.82, 2.24) is 13.9 Å². The van der Waals surface area contributed by atoms with Crippen LogP contribution in [0.15, 0.2) is 40.6 Å². The van der Waals surface area contributed by atoms with Crippen molar-refractivity contribution in [2.75, 3.05) is 25.6 Å². The summed E-state index contributed by atoms with van der Waals surface area (Å²) in [5, 5.41) is 0.831. The number of hydrogen-bond acceptors (Lipinski definition) is 6. The fourth-order valence-corrected chi connectivity index (χ4v) is 5.81. The Kier molecular flexibility index (Phi) is 5.04. The molecular formula is C17H20FN3O4S2. The first-order chi connectivity index (χ1) is 12.9. The fraction of sp³-hybridized carbons (Fsp3) is 0.471. The van der Waals surface area contributed by atoms with Crippen molar-refractivity contribution in [1.29, 1.82) is 0 Å². The van der Waals surface area contributed by atoms with Crippen LogP contribution < -0.4 is 9.47 Å². The summed E-state index contributed by atoms with van der Waals surface area (Å²) in [6.07, 6.45) is 2.81. The van der Waals surface area contributed by atoms with Crippen LogP contribution in [0.2, 0.25) is 0 Å². The quantitative estimate of drug-likeness (QED) is 0.701. The topological polar surface area (TPSA) is 73.7 Å². The van der Waals surface area contributed by atoms with E-state index in [1.165, 1.54) is 28.2 Å². The Bertz CT molecular complexity index is 934. The molecule has 7 nitrogen and oxygen atoms in total. The molecule has 2 unspecified atom stereocenters. The number of aromatic nitrogens is 2. The van der Waals surface area contributed by atoms with E-state index < -0.39 is 16.2 Å². The van der Waals surface area contributed by atoms with Gasteiger partial charge in [-0.25, -0.2) is 17.8 Å². The minimum Gasteiger partial charge on any atom is -0.454 e. The lowest BCUT2D eigenvalue weighted by molar-refractivity contribution is 0.146. The molecule has 0 aliphatic carbocycles. The van der Waals surface area contributed by atoms with Crippen LogP contribution in [0.25, 0.3) is 0 Å². The molecule has 1 fully saturated rings. The zero-order valence-corrected chi connectivity index (χ0v) is 16.4. The second kappa shape index (κ2) is 7.33. The first kappa shape index (κ1) is 18.6. The van der Waals surface area contributed by atoms with Crippen molar-refractivity contribution in [3.05, 3.63) is 30.6 Å². The van der Waals surface area contributed by atoms with Crippen LogP contribution in [-0.4, -0.2) is 54.1 Å². The van der Waals surface area contributed by atoms with E-state index in [-0.39, 0.29) is 24.2 Å². The number of alkyl halides is 1. The summed E-state index contributed by atoms with van der Waals surface area (Å²) >= 11 is 1.50. The first-order valence-electron chi connectivity index (χ1n) is 8.59. The van der Waals surface area contributed by atoms with Gasteiger partial charge in [0, 0.05) is 50.3 Å². The minimum absolute atomic E-state index is 0.0739. The second-order valence-electron chi connectivity index (χ2n) is 6.57. The molecule has 0 N–H and O–H groups in total. The normalized spacial score (nSPS) is 22.9. The summed E-state index contributed by atoms with van der Waals surface area (Å²) in [5.74, 6) is 1.29. The summed E-state index contributed by atoms with van der Waals surface area (Å²) in [6, 6.07) is 4.48. The Morgan fingerprint density at radius 2 is 2.15 bits per heavy atom. The van der Waals surface area contributed by atoms with Crippen molar-refractivity contribution in [3.63, 3.8) is 0 Å². The van der Waals surface area contributed by atoms with E-state index in [0.29, 0.717) is 30.2 Å². The maximum absolute atomic E-state index is 14.7. The number of hydrogen-bond donors (Lipinski definition) is 0. The molecule has 1 saturated heterocycles. The molecule has 0 saturated carbocycles. The molecule has 0 spiro atoms. The predicted octanol–water partition coefficient (Wildman–Crippen LogP) is 2.29. The molecule has 146 valence electrons. The van der Waals surface area contributed by atoms with Gasteiger partial charge >= 0.3 is 0 Å². The van der Waals surface area contributed by atoms with Crippen LogP contribution in [0.3, 0.4) is 0 Å². The van der Waals surface area contributed by atoms with E-state index in [2.05, 4.69) is 4.98 Å².